The molecule has 1 N–H and O–H groups in total. The summed E-state index contributed by atoms with van der Waals surface area (Å²) >= 11 is 6.74. The van der Waals surface area contributed by atoms with Gasteiger partial charge >= 0.3 is 0 Å². The van der Waals surface area contributed by atoms with Crippen molar-refractivity contribution in [2.75, 3.05) is 18.8 Å². The highest BCUT2D eigenvalue weighted by atomic mass is 35.5. The molecule has 0 aliphatic carbocycles. The van der Waals surface area contributed by atoms with E-state index in [1.54, 1.807) is 30.3 Å². The third-order valence-corrected chi connectivity index (χ3v) is 3.88. The first-order chi connectivity index (χ1) is 10.1. The molecular formula is C14H13ClN2O3S. The molecule has 5 nitrogen and oxygen atoms in total. The fourth-order valence-electron chi connectivity index (χ4n) is 1.69. The van der Waals surface area contributed by atoms with Crippen molar-refractivity contribution in [2.24, 2.45) is 0 Å². The number of hydrogen-bond acceptors (Lipinski definition) is 4. The summed E-state index contributed by atoms with van der Waals surface area (Å²) in [5.41, 5.74) is 0.857. The monoisotopic (exact) mass is 324 g/mol. The SMILES string of the molecule is O=C(/C=C/c1ccc(Cl)cc1)NCCN1C(=O)CSC1=O. The lowest BCUT2D eigenvalue weighted by Gasteiger charge is -2.12. The molecule has 1 aliphatic rings. The van der Waals surface area contributed by atoms with Crippen LogP contribution >= 0.6 is 23.4 Å². The number of amides is 3. The molecule has 0 unspecified atom stereocenters. The summed E-state index contributed by atoms with van der Waals surface area (Å²) in [7, 11) is 0. The van der Waals surface area contributed by atoms with Gasteiger partial charge in [0.15, 0.2) is 0 Å². The van der Waals surface area contributed by atoms with Crippen LogP contribution in [0.4, 0.5) is 4.79 Å². The van der Waals surface area contributed by atoms with Gasteiger partial charge in [0, 0.05) is 24.2 Å². The number of carbonyl (C=O) groups excluding carboxylic acids is 3. The highest BCUT2D eigenvalue weighted by molar-refractivity contribution is 8.14. The second kappa shape index (κ2) is 7.28. The topological polar surface area (TPSA) is 66.5 Å². The highest BCUT2D eigenvalue weighted by Gasteiger charge is 2.29. The molecule has 0 spiro atoms. The van der Waals surface area contributed by atoms with Crippen molar-refractivity contribution in [3.05, 3.63) is 40.9 Å². The van der Waals surface area contributed by atoms with Gasteiger partial charge in [-0.1, -0.05) is 35.5 Å². The van der Waals surface area contributed by atoms with Gasteiger partial charge in [0.2, 0.25) is 11.8 Å². The van der Waals surface area contributed by atoms with Crippen LogP contribution in [0.2, 0.25) is 5.02 Å². The van der Waals surface area contributed by atoms with Gasteiger partial charge in [-0.3, -0.25) is 19.3 Å². The van der Waals surface area contributed by atoms with Crippen molar-refractivity contribution in [3.63, 3.8) is 0 Å². The first-order valence-corrected chi connectivity index (χ1v) is 7.61. The van der Waals surface area contributed by atoms with E-state index in [0.29, 0.717) is 5.02 Å². The zero-order chi connectivity index (χ0) is 15.2. The Bertz CT molecular complexity index is 570. The number of carbonyl (C=O) groups is 3. The summed E-state index contributed by atoms with van der Waals surface area (Å²) in [6.45, 7) is 0.438. The van der Waals surface area contributed by atoms with E-state index in [1.807, 2.05) is 0 Å². The number of imide groups is 1. The van der Waals surface area contributed by atoms with Crippen LogP contribution in [-0.4, -0.2) is 40.8 Å². The maximum Gasteiger partial charge on any atom is 0.288 e. The maximum absolute atomic E-state index is 11.6. The second-order valence-electron chi connectivity index (χ2n) is 4.28. The Morgan fingerprint density at radius 2 is 2.05 bits per heavy atom. The van der Waals surface area contributed by atoms with Crippen molar-refractivity contribution in [1.82, 2.24) is 10.2 Å². The van der Waals surface area contributed by atoms with Gasteiger partial charge in [0.1, 0.15) is 0 Å². The number of halogens is 1. The van der Waals surface area contributed by atoms with Crippen molar-refractivity contribution < 1.29 is 14.4 Å². The van der Waals surface area contributed by atoms with Gasteiger partial charge in [-0.25, -0.2) is 0 Å². The minimum Gasteiger partial charge on any atom is -0.351 e. The maximum atomic E-state index is 11.6. The first-order valence-electron chi connectivity index (χ1n) is 6.25. The lowest BCUT2D eigenvalue weighted by atomic mass is 10.2. The third kappa shape index (κ3) is 4.61. The molecule has 1 aromatic rings. The number of nitrogens with zero attached hydrogens (tertiary/aromatic N) is 1. The fourth-order valence-corrected chi connectivity index (χ4v) is 2.57. The van der Waals surface area contributed by atoms with Crippen molar-refractivity contribution in [3.8, 4) is 0 Å². The summed E-state index contributed by atoms with van der Waals surface area (Å²) in [6.07, 6.45) is 3.05. The van der Waals surface area contributed by atoms with Crippen LogP contribution in [0.1, 0.15) is 5.56 Å². The molecule has 2 rings (SSSR count). The highest BCUT2D eigenvalue weighted by Crippen LogP contribution is 2.17. The minimum atomic E-state index is -0.281. The van der Waals surface area contributed by atoms with E-state index in [0.717, 1.165) is 22.2 Å². The quantitative estimate of drug-likeness (QED) is 0.843. The van der Waals surface area contributed by atoms with Crippen LogP contribution in [-0.2, 0) is 9.59 Å². The molecule has 0 saturated carbocycles. The van der Waals surface area contributed by atoms with Crippen LogP contribution < -0.4 is 5.32 Å². The van der Waals surface area contributed by atoms with Crippen molar-refractivity contribution >= 4 is 46.5 Å². The summed E-state index contributed by atoms with van der Waals surface area (Å²) in [5.74, 6) is -0.309. The van der Waals surface area contributed by atoms with E-state index in [-0.39, 0.29) is 35.9 Å². The molecule has 7 heteroatoms. The van der Waals surface area contributed by atoms with Crippen LogP contribution in [0.15, 0.2) is 30.3 Å². The second-order valence-corrected chi connectivity index (χ2v) is 5.64. The number of nitrogens with one attached hydrogen (secondary N) is 1. The number of rotatable bonds is 5. The lowest BCUT2D eigenvalue weighted by molar-refractivity contribution is -0.125. The van der Waals surface area contributed by atoms with Crippen LogP contribution in [0.3, 0.4) is 0 Å². The minimum absolute atomic E-state index is 0.184. The molecule has 0 atom stereocenters. The molecule has 0 bridgehead atoms. The van der Waals surface area contributed by atoms with Gasteiger partial charge in [-0.15, -0.1) is 0 Å². The van der Waals surface area contributed by atoms with E-state index in [9.17, 15) is 14.4 Å². The number of benzene rings is 1. The van der Waals surface area contributed by atoms with Crippen molar-refractivity contribution in [2.45, 2.75) is 0 Å². The smallest absolute Gasteiger partial charge is 0.288 e. The van der Waals surface area contributed by atoms with Gasteiger partial charge < -0.3 is 5.32 Å². The Hall–Kier alpha value is -1.79. The average molecular weight is 325 g/mol. The van der Waals surface area contributed by atoms with Crippen LogP contribution in [0.5, 0.6) is 0 Å². The summed E-state index contributed by atoms with van der Waals surface area (Å²) in [4.78, 5) is 35.4. The molecule has 0 aromatic heterocycles. The zero-order valence-electron chi connectivity index (χ0n) is 11.0. The summed E-state index contributed by atoms with van der Waals surface area (Å²) < 4.78 is 0. The zero-order valence-corrected chi connectivity index (χ0v) is 12.6. The van der Waals surface area contributed by atoms with Crippen LogP contribution in [0, 0.1) is 0 Å². The molecule has 1 aliphatic heterocycles. The summed E-state index contributed by atoms with van der Waals surface area (Å²) in [5, 5.41) is 3.00. The van der Waals surface area contributed by atoms with E-state index < -0.39 is 0 Å². The molecule has 3 amide bonds. The Morgan fingerprint density at radius 1 is 1.33 bits per heavy atom. The Morgan fingerprint density at radius 3 is 2.67 bits per heavy atom. The Balaban J connectivity index is 1.76. The van der Waals surface area contributed by atoms with Gasteiger partial charge in [0.25, 0.3) is 5.24 Å². The lowest BCUT2D eigenvalue weighted by Crippen LogP contribution is -2.37. The Labute approximate surface area is 131 Å². The molecular weight excluding hydrogens is 312 g/mol. The van der Waals surface area contributed by atoms with Gasteiger partial charge in [0.05, 0.1) is 5.75 Å². The third-order valence-electron chi connectivity index (χ3n) is 2.77. The van der Waals surface area contributed by atoms with E-state index in [2.05, 4.69) is 5.32 Å². The largest absolute Gasteiger partial charge is 0.351 e. The number of thioether (sulfide) groups is 1. The van der Waals surface area contributed by atoms with E-state index in [4.69, 9.17) is 11.6 Å². The van der Waals surface area contributed by atoms with Gasteiger partial charge in [-0.2, -0.15) is 0 Å². The molecule has 21 heavy (non-hydrogen) atoms. The van der Waals surface area contributed by atoms with Crippen molar-refractivity contribution in [1.29, 1.82) is 0 Å². The van der Waals surface area contributed by atoms with Crippen LogP contribution in [0.25, 0.3) is 6.08 Å². The molecule has 0 radical (unpaired) electrons. The predicted molar refractivity (Wildman–Crippen MR) is 83.1 cm³/mol. The van der Waals surface area contributed by atoms with E-state index >= 15 is 0 Å². The molecule has 1 fully saturated rings. The van der Waals surface area contributed by atoms with Gasteiger partial charge in [-0.05, 0) is 23.8 Å². The molecule has 110 valence electrons. The fraction of sp³-hybridized carbons (Fsp3) is 0.214. The summed E-state index contributed by atoms with van der Waals surface area (Å²) in [6, 6.07) is 7.07. The molecule has 1 heterocycles. The predicted octanol–water partition coefficient (Wildman–Crippen LogP) is 2.16. The normalized spacial score (nSPS) is 15.0. The molecule has 1 aromatic carbocycles. The molecule has 1 saturated heterocycles. The Kier molecular flexibility index (Phi) is 5.41. The van der Waals surface area contributed by atoms with E-state index in [1.165, 1.54) is 6.08 Å². The number of hydrogen-bond donors (Lipinski definition) is 1. The first kappa shape index (κ1) is 15.6. The standard InChI is InChI=1S/C14H13ClN2O3S/c15-11-4-1-10(2-5-11)3-6-12(18)16-7-8-17-13(19)9-21-14(17)20/h1-6H,7-9H2,(H,16,18)/b6-3+. The average Bonchev–Trinajstić information content (AvgIpc) is 2.78.